The van der Waals surface area contributed by atoms with Crippen molar-refractivity contribution in [2.24, 2.45) is 0 Å². The molecule has 0 aliphatic rings. The molecule has 0 amide bonds. The molecule has 5 heteroatoms. The number of methoxy groups -OCH3 is 1. The Kier molecular flexibility index (Phi) is 7.10. The zero-order valence-corrected chi connectivity index (χ0v) is 18.4. The van der Waals surface area contributed by atoms with Crippen LogP contribution < -0.4 is 9.47 Å². The monoisotopic (exact) mass is 442 g/mol. The van der Waals surface area contributed by atoms with Gasteiger partial charge in [-0.05, 0) is 66.2 Å². The van der Waals surface area contributed by atoms with Gasteiger partial charge in [-0.2, -0.15) is 0 Å². The maximum absolute atomic E-state index is 12.7. The van der Waals surface area contributed by atoms with Crippen LogP contribution in [-0.4, -0.2) is 13.1 Å². The fourth-order valence-electron chi connectivity index (χ4n) is 3.01. The van der Waals surface area contributed by atoms with Crippen molar-refractivity contribution in [3.63, 3.8) is 0 Å². The van der Waals surface area contributed by atoms with E-state index in [0.29, 0.717) is 5.56 Å². The zero-order valence-electron chi connectivity index (χ0n) is 17.6. The van der Waals surface area contributed by atoms with Gasteiger partial charge in [-0.25, -0.2) is 4.79 Å². The summed E-state index contributed by atoms with van der Waals surface area (Å²) < 4.78 is 16.6. The molecule has 0 heterocycles. The van der Waals surface area contributed by atoms with Gasteiger partial charge in [0.2, 0.25) is 0 Å². The molecule has 0 saturated heterocycles. The summed E-state index contributed by atoms with van der Waals surface area (Å²) in [6.45, 7) is 0.246. The van der Waals surface area contributed by atoms with Crippen LogP contribution in [0.4, 0.5) is 0 Å². The second-order valence-corrected chi connectivity index (χ2v) is 8.02. The van der Waals surface area contributed by atoms with Crippen molar-refractivity contribution >= 4 is 17.7 Å². The van der Waals surface area contributed by atoms with Gasteiger partial charge < -0.3 is 14.2 Å². The molecule has 0 atom stereocenters. The first kappa shape index (κ1) is 21.5. The summed E-state index contributed by atoms with van der Waals surface area (Å²) in [6, 6.07) is 32.3. The van der Waals surface area contributed by atoms with E-state index in [9.17, 15) is 4.79 Å². The van der Waals surface area contributed by atoms with E-state index < -0.39 is 0 Å². The standard InChI is InChI=1S/C27H22O4S/c1-29-21-11-13-22(14-12-21)31-23-15-17-24(18-16-23)32-26-10-6-5-9-25(26)27(28)30-19-20-7-3-2-4-8-20/h2-18H,19H2,1H3. The summed E-state index contributed by atoms with van der Waals surface area (Å²) in [5.41, 5.74) is 1.51. The van der Waals surface area contributed by atoms with Gasteiger partial charge >= 0.3 is 5.97 Å². The van der Waals surface area contributed by atoms with Crippen LogP contribution in [0.3, 0.4) is 0 Å². The molecule has 160 valence electrons. The number of carbonyl (C=O) groups is 1. The van der Waals surface area contributed by atoms with E-state index >= 15 is 0 Å². The molecule has 0 saturated carbocycles. The summed E-state index contributed by atoms with van der Waals surface area (Å²) in [6.07, 6.45) is 0. The molecule has 0 radical (unpaired) electrons. The van der Waals surface area contributed by atoms with Crippen LogP contribution in [-0.2, 0) is 11.3 Å². The van der Waals surface area contributed by atoms with E-state index in [1.165, 1.54) is 11.8 Å². The third kappa shape index (κ3) is 5.71. The number of carbonyl (C=O) groups excluding carboxylic acids is 1. The highest BCUT2D eigenvalue weighted by Gasteiger charge is 2.14. The fraction of sp³-hybridized carbons (Fsp3) is 0.0741. The smallest absolute Gasteiger partial charge is 0.339 e. The summed E-state index contributed by atoms with van der Waals surface area (Å²) in [7, 11) is 1.63. The minimum atomic E-state index is -0.337. The van der Waals surface area contributed by atoms with Gasteiger partial charge in [-0.1, -0.05) is 54.2 Å². The minimum Gasteiger partial charge on any atom is -0.497 e. The topological polar surface area (TPSA) is 44.8 Å². The second-order valence-electron chi connectivity index (χ2n) is 6.91. The predicted octanol–water partition coefficient (Wildman–Crippen LogP) is 7.00. The van der Waals surface area contributed by atoms with Gasteiger partial charge in [0.25, 0.3) is 0 Å². The van der Waals surface area contributed by atoms with E-state index in [2.05, 4.69) is 0 Å². The first-order valence-electron chi connectivity index (χ1n) is 10.1. The molecule has 4 nitrogen and oxygen atoms in total. The van der Waals surface area contributed by atoms with E-state index in [1.807, 2.05) is 97.1 Å². The third-order valence-corrected chi connectivity index (χ3v) is 5.75. The first-order chi connectivity index (χ1) is 15.7. The van der Waals surface area contributed by atoms with Crippen LogP contribution in [0.25, 0.3) is 0 Å². The molecule has 0 bridgehead atoms. The Labute approximate surface area is 191 Å². The lowest BCUT2D eigenvalue weighted by atomic mass is 10.2. The highest BCUT2D eigenvalue weighted by Crippen LogP contribution is 2.33. The normalized spacial score (nSPS) is 10.4. The molecular weight excluding hydrogens is 420 g/mol. The van der Waals surface area contributed by atoms with Crippen molar-refractivity contribution in [1.82, 2.24) is 0 Å². The molecule has 0 aromatic heterocycles. The van der Waals surface area contributed by atoms with Crippen LogP contribution in [0.2, 0.25) is 0 Å². The maximum Gasteiger partial charge on any atom is 0.339 e. The van der Waals surface area contributed by atoms with E-state index in [1.54, 1.807) is 13.2 Å². The molecule has 4 rings (SSSR count). The lowest BCUT2D eigenvalue weighted by molar-refractivity contribution is 0.0468. The van der Waals surface area contributed by atoms with Gasteiger partial charge in [-0.15, -0.1) is 0 Å². The Bertz CT molecular complexity index is 1160. The van der Waals surface area contributed by atoms with Crippen LogP contribution in [0.15, 0.2) is 113 Å². The van der Waals surface area contributed by atoms with Crippen molar-refractivity contribution in [2.75, 3.05) is 7.11 Å². The predicted molar refractivity (Wildman–Crippen MR) is 126 cm³/mol. The Hall–Kier alpha value is -3.70. The van der Waals surface area contributed by atoms with Crippen LogP contribution in [0, 0.1) is 0 Å². The number of hydrogen-bond donors (Lipinski definition) is 0. The van der Waals surface area contributed by atoms with Gasteiger partial charge in [0.05, 0.1) is 12.7 Å². The number of hydrogen-bond acceptors (Lipinski definition) is 5. The molecule has 0 spiro atoms. The van der Waals surface area contributed by atoms with Crippen molar-refractivity contribution in [2.45, 2.75) is 16.4 Å². The Morgan fingerprint density at radius 1 is 0.719 bits per heavy atom. The minimum absolute atomic E-state index is 0.246. The van der Waals surface area contributed by atoms with Crippen molar-refractivity contribution in [3.05, 3.63) is 114 Å². The maximum atomic E-state index is 12.7. The lowest BCUT2D eigenvalue weighted by Gasteiger charge is -2.10. The lowest BCUT2D eigenvalue weighted by Crippen LogP contribution is -2.06. The van der Waals surface area contributed by atoms with Crippen molar-refractivity contribution in [3.8, 4) is 17.2 Å². The SMILES string of the molecule is COc1ccc(Oc2ccc(Sc3ccccc3C(=O)OCc3ccccc3)cc2)cc1. The molecular formula is C27H22O4S. The molecule has 0 aliphatic heterocycles. The summed E-state index contributed by atoms with van der Waals surface area (Å²) >= 11 is 1.51. The molecule has 0 unspecified atom stereocenters. The second kappa shape index (κ2) is 10.6. The zero-order chi connectivity index (χ0) is 22.2. The highest BCUT2D eigenvalue weighted by atomic mass is 32.2. The Morgan fingerprint density at radius 3 is 2.00 bits per heavy atom. The highest BCUT2D eigenvalue weighted by molar-refractivity contribution is 7.99. The van der Waals surface area contributed by atoms with Gasteiger partial charge in [0, 0.05) is 9.79 Å². The average Bonchev–Trinajstić information content (AvgIpc) is 2.85. The summed E-state index contributed by atoms with van der Waals surface area (Å²) in [4.78, 5) is 14.5. The molecule has 32 heavy (non-hydrogen) atoms. The van der Waals surface area contributed by atoms with Crippen molar-refractivity contribution < 1.29 is 19.0 Å². The number of ether oxygens (including phenoxy) is 3. The van der Waals surface area contributed by atoms with Gasteiger partial charge in [0.1, 0.15) is 23.9 Å². The Balaban J connectivity index is 1.41. The van der Waals surface area contributed by atoms with Gasteiger partial charge in [-0.3, -0.25) is 0 Å². The summed E-state index contributed by atoms with van der Waals surface area (Å²) in [5, 5.41) is 0. The van der Waals surface area contributed by atoms with E-state index in [0.717, 1.165) is 32.6 Å². The van der Waals surface area contributed by atoms with Crippen LogP contribution in [0.1, 0.15) is 15.9 Å². The number of rotatable bonds is 8. The van der Waals surface area contributed by atoms with Crippen LogP contribution in [0.5, 0.6) is 17.2 Å². The summed E-state index contributed by atoms with van der Waals surface area (Å²) in [5.74, 6) is 1.91. The first-order valence-corrected chi connectivity index (χ1v) is 10.9. The quantitative estimate of drug-likeness (QED) is 0.275. The molecule has 4 aromatic carbocycles. The molecule has 0 fully saturated rings. The fourth-order valence-corrected chi connectivity index (χ4v) is 3.94. The Morgan fingerprint density at radius 2 is 1.31 bits per heavy atom. The molecule has 0 aliphatic carbocycles. The van der Waals surface area contributed by atoms with E-state index in [-0.39, 0.29) is 12.6 Å². The van der Waals surface area contributed by atoms with Crippen LogP contribution >= 0.6 is 11.8 Å². The average molecular weight is 443 g/mol. The molecule has 0 N–H and O–H groups in total. The van der Waals surface area contributed by atoms with Gasteiger partial charge in [0.15, 0.2) is 0 Å². The number of benzene rings is 4. The van der Waals surface area contributed by atoms with E-state index in [4.69, 9.17) is 14.2 Å². The van der Waals surface area contributed by atoms with Crippen molar-refractivity contribution in [1.29, 1.82) is 0 Å². The molecule has 4 aromatic rings. The third-order valence-electron chi connectivity index (χ3n) is 4.67. The largest absolute Gasteiger partial charge is 0.497 e. The number of esters is 1.